The first-order chi connectivity index (χ1) is 7.78. The average Bonchev–Trinajstić information content (AvgIpc) is 2.32. The zero-order valence-corrected chi connectivity index (χ0v) is 11.1. The fourth-order valence-electron chi connectivity index (χ4n) is 1.68. The molecule has 3 heteroatoms. The van der Waals surface area contributed by atoms with Gasteiger partial charge in [0.2, 0.25) is 0 Å². The molecule has 0 aliphatic heterocycles. The van der Waals surface area contributed by atoms with Gasteiger partial charge in [-0.3, -0.25) is 0 Å². The Morgan fingerprint density at radius 2 is 1.69 bits per heavy atom. The third kappa shape index (κ3) is 7.67. The van der Waals surface area contributed by atoms with Crippen molar-refractivity contribution in [3.63, 3.8) is 0 Å². The minimum absolute atomic E-state index is 0.00533. The van der Waals surface area contributed by atoms with E-state index < -0.39 is 0 Å². The molecule has 3 nitrogen and oxygen atoms in total. The van der Waals surface area contributed by atoms with Crippen LogP contribution in [0.3, 0.4) is 0 Å². The van der Waals surface area contributed by atoms with Crippen molar-refractivity contribution in [1.29, 1.82) is 5.26 Å². The molecular formula is C13H27N3. The van der Waals surface area contributed by atoms with Crippen LogP contribution in [0.25, 0.3) is 0 Å². The zero-order chi connectivity index (χ0) is 12.2. The van der Waals surface area contributed by atoms with Crippen LogP contribution in [0.4, 0.5) is 0 Å². The molecular weight excluding hydrogens is 198 g/mol. The Hall–Kier alpha value is -0.590. The topological polar surface area (TPSA) is 39.1 Å². The third-order valence-corrected chi connectivity index (χ3v) is 2.89. The maximum Gasteiger partial charge on any atom is 0.0962 e. The molecule has 0 aromatic heterocycles. The van der Waals surface area contributed by atoms with E-state index >= 15 is 0 Å². The van der Waals surface area contributed by atoms with Gasteiger partial charge >= 0.3 is 0 Å². The van der Waals surface area contributed by atoms with Crippen molar-refractivity contribution < 1.29 is 0 Å². The normalized spacial score (nSPS) is 12.7. The lowest BCUT2D eigenvalue weighted by atomic mass is 10.2. The van der Waals surface area contributed by atoms with E-state index in [0.29, 0.717) is 0 Å². The highest BCUT2D eigenvalue weighted by Crippen LogP contribution is 2.02. The van der Waals surface area contributed by atoms with E-state index in [1.807, 2.05) is 7.05 Å². The van der Waals surface area contributed by atoms with E-state index in [-0.39, 0.29) is 6.04 Å². The maximum atomic E-state index is 8.86. The molecule has 0 aromatic carbocycles. The number of unbranched alkanes of at least 4 members (excludes halogenated alkanes) is 2. The highest BCUT2D eigenvalue weighted by molar-refractivity contribution is 4.88. The summed E-state index contributed by atoms with van der Waals surface area (Å²) in [5.41, 5.74) is 0. The molecule has 0 saturated heterocycles. The van der Waals surface area contributed by atoms with Gasteiger partial charge in [0.25, 0.3) is 0 Å². The Kier molecular flexibility index (Phi) is 10.5. The number of nitriles is 1. The van der Waals surface area contributed by atoms with E-state index in [0.717, 1.165) is 13.0 Å². The SMILES string of the molecule is CCCCN(CCCC)CCC(C#N)NC. The monoisotopic (exact) mass is 225 g/mol. The van der Waals surface area contributed by atoms with Crippen LogP contribution in [0, 0.1) is 11.3 Å². The fourth-order valence-corrected chi connectivity index (χ4v) is 1.68. The lowest BCUT2D eigenvalue weighted by molar-refractivity contribution is 0.256. The minimum atomic E-state index is 0.00533. The van der Waals surface area contributed by atoms with Crippen LogP contribution in [0.5, 0.6) is 0 Å². The molecule has 0 spiro atoms. The lowest BCUT2D eigenvalue weighted by Gasteiger charge is -2.22. The summed E-state index contributed by atoms with van der Waals surface area (Å²) in [5, 5.41) is 11.9. The molecule has 0 saturated carbocycles. The van der Waals surface area contributed by atoms with Crippen molar-refractivity contribution in [2.45, 2.75) is 52.0 Å². The van der Waals surface area contributed by atoms with Crippen LogP contribution in [0.2, 0.25) is 0 Å². The molecule has 0 heterocycles. The van der Waals surface area contributed by atoms with Crippen molar-refractivity contribution in [1.82, 2.24) is 10.2 Å². The van der Waals surface area contributed by atoms with Gasteiger partial charge in [-0.05, 0) is 39.4 Å². The Labute approximate surface area is 101 Å². The van der Waals surface area contributed by atoms with Gasteiger partial charge in [0.15, 0.2) is 0 Å². The van der Waals surface area contributed by atoms with Gasteiger partial charge < -0.3 is 10.2 Å². The van der Waals surface area contributed by atoms with Crippen LogP contribution in [0.15, 0.2) is 0 Å². The molecule has 0 rings (SSSR count). The van der Waals surface area contributed by atoms with Crippen molar-refractivity contribution in [3.8, 4) is 6.07 Å². The first kappa shape index (κ1) is 15.4. The van der Waals surface area contributed by atoms with E-state index in [1.165, 1.54) is 38.8 Å². The van der Waals surface area contributed by atoms with Gasteiger partial charge in [-0.1, -0.05) is 26.7 Å². The van der Waals surface area contributed by atoms with Crippen molar-refractivity contribution >= 4 is 0 Å². The molecule has 0 radical (unpaired) electrons. The molecule has 94 valence electrons. The van der Waals surface area contributed by atoms with Crippen LogP contribution in [-0.4, -0.2) is 37.6 Å². The summed E-state index contributed by atoms with van der Waals surface area (Å²) in [6.07, 6.45) is 5.95. The molecule has 0 aliphatic carbocycles. The quantitative estimate of drug-likeness (QED) is 0.620. The van der Waals surface area contributed by atoms with Gasteiger partial charge in [-0.15, -0.1) is 0 Å². The number of hydrogen-bond donors (Lipinski definition) is 1. The Bertz CT molecular complexity index is 178. The first-order valence-corrected chi connectivity index (χ1v) is 6.57. The molecule has 0 amide bonds. The summed E-state index contributed by atoms with van der Waals surface area (Å²) in [5.74, 6) is 0. The Morgan fingerprint density at radius 3 is 2.06 bits per heavy atom. The minimum Gasteiger partial charge on any atom is -0.305 e. The van der Waals surface area contributed by atoms with Gasteiger partial charge in [0, 0.05) is 6.54 Å². The molecule has 1 unspecified atom stereocenters. The molecule has 0 fully saturated rings. The highest BCUT2D eigenvalue weighted by Gasteiger charge is 2.08. The van der Waals surface area contributed by atoms with Gasteiger partial charge in [-0.2, -0.15) is 5.26 Å². The zero-order valence-electron chi connectivity index (χ0n) is 11.1. The van der Waals surface area contributed by atoms with Crippen molar-refractivity contribution in [2.75, 3.05) is 26.7 Å². The van der Waals surface area contributed by atoms with Crippen LogP contribution in [0.1, 0.15) is 46.0 Å². The van der Waals surface area contributed by atoms with Crippen molar-refractivity contribution in [3.05, 3.63) is 0 Å². The standard InChI is InChI=1S/C13H27N3/c1-4-6-9-16(10-7-5-2)11-8-13(12-14)15-3/h13,15H,4-11H2,1-3H3. The maximum absolute atomic E-state index is 8.86. The first-order valence-electron chi connectivity index (χ1n) is 6.57. The smallest absolute Gasteiger partial charge is 0.0962 e. The number of nitrogens with one attached hydrogen (secondary N) is 1. The summed E-state index contributed by atoms with van der Waals surface area (Å²) < 4.78 is 0. The Morgan fingerprint density at radius 1 is 1.12 bits per heavy atom. The summed E-state index contributed by atoms with van der Waals surface area (Å²) in [7, 11) is 1.86. The number of nitrogens with zero attached hydrogens (tertiary/aromatic N) is 2. The van der Waals surface area contributed by atoms with E-state index in [1.54, 1.807) is 0 Å². The molecule has 0 bridgehead atoms. The summed E-state index contributed by atoms with van der Waals surface area (Å²) in [6.45, 7) is 7.85. The summed E-state index contributed by atoms with van der Waals surface area (Å²) in [6, 6.07) is 2.29. The largest absolute Gasteiger partial charge is 0.305 e. The number of rotatable bonds is 10. The predicted octanol–water partition coefficient (Wildman–Crippen LogP) is 2.39. The van der Waals surface area contributed by atoms with E-state index in [9.17, 15) is 0 Å². The molecule has 0 aliphatic rings. The average molecular weight is 225 g/mol. The number of hydrogen-bond acceptors (Lipinski definition) is 3. The van der Waals surface area contributed by atoms with Crippen LogP contribution >= 0.6 is 0 Å². The second-order valence-electron chi connectivity index (χ2n) is 4.31. The molecule has 0 aromatic rings. The third-order valence-electron chi connectivity index (χ3n) is 2.89. The van der Waals surface area contributed by atoms with E-state index in [2.05, 4.69) is 30.1 Å². The fraction of sp³-hybridized carbons (Fsp3) is 0.923. The van der Waals surface area contributed by atoms with Crippen LogP contribution < -0.4 is 5.32 Å². The van der Waals surface area contributed by atoms with E-state index in [4.69, 9.17) is 5.26 Å². The summed E-state index contributed by atoms with van der Waals surface area (Å²) in [4.78, 5) is 2.49. The van der Waals surface area contributed by atoms with Crippen molar-refractivity contribution in [2.24, 2.45) is 0 Å². The lowest BCUT2D eigenvalue weighted by Crippen LogP contribution is -2.33. The predicted molar refractivity (Wildman–Crippen MR) is 69.3 cm³/mol. The summed E-state index contributed by atoms with van der Waals surface area (Å²) >= 11 is 0. The van der Waals surface area contributed by atoms with Gasteiger partial charge in [0.05, 0.1) is 12.1 Å². The molecule has 16 heavy (non-hydrogen) atoms. The second-order valence-corrected chi connectivity index (χ2v) is 4.31. The highest BCUT2D eigenvalue weighted by atomic mass is 15.1. The molecule has 1 atom stereocenters. The van der Waals surface area contributed by atoms with Crippen LogP contribution in [-0.2, 0) is 0 Å². The second kappa shape index (κ2) is 10.9. The van der Waals surface area contributed by atoms with Gasteiger partial charge in [-0.25, -0.2) is 0 Å². The molecule has 1 N–H and O–H groups in total. The Balaban J connectivity index is 3.85. The van der Waals surface area contributed by atoms with Gasteiger partial charge in [0.1, 0.15) is 0 Å².